The summed E-state index contributed by atoms with van der Waals surface area (Å²) in [6, 6.07) is 7.65. The van der Waals surface area contributed by atoms with E-state index < -0.39 is 0 Å². The molecule has 1 saturated carbocycles. The summed E-state index contributed by atoms with van der Waals surface area (Å²) >= 11 is 0. The molecule has 0 bridgehead atoms. The lowest BCUT2D eigenvalue weighted by molar-refractivity contribution is 0.130. The molecule has 20 heavy (non-hydrogen) atoms. The fraction of sp³-hybridized carbons (Fsp3) is 0.588. The lowest BCUT2D eigenvalue weighted by atomic mass is 9.91. The Morgan fingerprint density at radius 3 is 2.85 bits per heavy atom. The van der Waals surface area contributed by atoms with E-state index in [0.29, 0.717) is 0 Å². The second-order valence-electron chi connectivity index (χ2n) is 6.23. The highest BCUT2D eigenvalue weighted by Crippen LogP contribution is 2.27. The molecular weight excluding hydrogens is 246 g/mol. The van der Waals surface area contributed by atoms with Crippen LogP contribution < -0.4 is 0 Å². The van der Waals surface area contributed by atoms with Crippen molar-refractivity contribution in [3.63, 3.8) is 0 Å². The molecule has 1 aromatic carbocycles. The third-order valence-corrected chi connectivity index (χ3v) is 5.12. The monoisotopic (exact) mass is 269 g/mol. The lowest BCUT2D eigenvalue weighted by Crippen LogP contribution is -2.41. The number of benzene rings is 1. The van der Waals surface area contributed by atoms with Gasteiger partial charge in [0, 0.05) is 32.1 Å². The van der Waals surface area contributed by atoms with E-state index in [1.165, 1.54) is 54.8 Å². The first kappa shape index (κ1) is 12.4. The van der Waals surface area contributed by atoms with E-state index in [1.54, 1.807) is 0 Å². The number of nitrogens with zero attached hydrogens (tertiary/aromatic N) is 3. The molecule has 2 heterocycles. The van der Waals surface area contributed by atoms with Crippen molar-refractivity contribution in [2.24, 2.45) is 0 Å². The minimum absolute atomic E-state index is 0.859. The largest absolute Gasteiger partial charge is 0.327 e. The summed E-state index contributed by atoms with van der Waals surface area (Å²) in [7, 11) is 0. The lowest BCUT2D eigenvalue weighted by Gasteiger charge is -2.36. The van der Waals surface area contributed by atoms with Crippen molar-refractivity contribution < 1.29 is 0 Å². The fourth-order valence-electron chi connectivity index (χ4n) is 3.59. The van der Waals surface area contributed by atoms with Crippen LogP contribution in [-0.4, -0.2) is 33.6 Å². The molecule has 1 aliphatic carbocycles. The van der Waals surface area contributed by atoms with E-state index in [-0.39, 0.29) is 0 Å². The Labute approximate surface area is 120 Å². The van der Waals surface area contributed by atoms with Crippen LogP contribution in [0.1, 0.15) is 37.6 Å². The van der Waals surface area contributed by atoms with Crippen molar-refractivity contribution in [3.8, 4) is 0 Å². The van der Waals surface area contributed by atoms with Gasteiger partial charge in [-0.15, -0.1) is 0 Å². The minimum Gasteiger partial charge on any atom is -0.327 e. The van der Waals surface area contributed by atoms with E-state index in [2.05, 4.69) is 34.6 Å². The van der Waals surface area contributed by atoms with E-state index in [9.17, 15) is 0 Å². The molecule has 1 fully saturated rings. The van der Waals surface area contributed by atoms with Crippen molar-refractivity contribution in [1.29, 1.82) is 0 Å². The molecule has 2 aliphatic rings. The van der Waals surface area contributed by atoms with Gasteiger partial charge in [-0.25, -0.2) is 4.98 Å². The number of aromatic nitrogens is 2. The van der Waals surface area contributed by atoms with E-state index in [4.69, 9.17) is 4.98 Å². The zero-order valence-electron chi connectivity index (χ0n) is 12.3. The molecule has 3 nitrogen and oxygen atoms in total. The van der Waals surface area contributed by atoms with Gasteiger partial charge in [-0.3, -0.25) is 4.90 Å². The van der Waals surface area contributed by atoms with Crippen molar-refractivity contribution in [2.75, 3.05) is 13.1 Å². The first-order valence-corrected chi connectivity index (χ1v) is 8.07. The maximum Gasteiger partial charge on any atom is 0.111 e. The van der Waals surface area contributed by atoms with Crippen LogP contribution in [0.5, 0.6) is 0 Å². The van der Waals surface area contributed by atoms with Crippen molar-refractivity contribution in [2.45, 2.75) is 51.6 Å². The highest BCUT2D eigenvalue weighted by atomic mass is 15.2. The molecule has 0 saturated heterocycles. The Morgan fingerprint density at radius 1 is 1.20 bits per heavy atom. The zero-order chi connectivity index (χ0) is 13.5. The normalized spacial score (nSPS) is 20.6. The van der Waals surface area contributed by atoms with Gasteiger partial charge in [0.25, 0.3) is 0 Å². The summed E-state index contributed by atoms with van der Waals surface area (Å²) in [6.45, 7) is 5.69. The van der Waals surface area contributed by atoms with Gasteiger partial charge in [0.05, 0.1) is 11.0 Å². The highest BCUT2D eigenvalue weighted by Gasteiger charge is 2.27. The Kier molecular flexibility index (Phi) is 3.03. The molecule has 106 valence electrons. The molecule has 0 amide bonds. The van der Waals surface area contributed by atoms with Gasteiger partial charge in [0.1, 0.15) is 5.82 Å². The van der Waals surface area contributed by atoms with Gasteiger partial charge in [0.15, 0.2) is 0 Å². The van der Waals surface area contributed by atoms with E-state index in [0.717, 1.165) is 25.4 Å². The summed E-state index contributed by atoms with van der Waals surface area (Å²) in [5, 5.41) is 0. The molecule has 3 heteroatoms. The van der Waals surface area contributed by atoms with Crippen LogP contribution in [0.25, 0.3) is 11.0 Å². The molecule has 0 spiro atoms. The molecule has 0 atom stereocenters. The SMILES string of the molecule is CCc1ccc2c(c1)nc1n2CCN(C2CCC2)CC1. The maximum atomic E-state index is 4.90. The summed E-state index contributed by atoms with van der Waals surface area (Å²) in [6.07, 6.45) is 6.43. The summed E-state index contributed by atoms with van der Waals surface area (Å²) in [5.41, 5.74) is 3.91. The highest BCUT2D eigenvalue weighted by molar-refractivity contribution is 5.77. The first-order valence-electron chi connectivity index (χ1n) is 8.07. The van der Waals surface area contributed by atoms with Crippen LogP contribution in [0, 0.1) is 0 Å². The van der Waals surface area contributed by atoms with Gasteiger partial charge >= 0.3 is 0 Å². The van der Waals surface area contributed by atoms with Gasteiger partial charge in [-0.05, 0) is 37.0 Å². The van der Waals surface area contributed by atoms with Crippen LogP contribution in [0.2, 0.25) is 0 Å². The third kappa shape index (κ3) is 1.96. The number of aryl methyl sites for hydroxylation is 1. The van der Waals surface area contributed by atoms with Gasteiger partial charge in [-0.2, -0.15) is 0 Å². The summed E-state index contributed by atoms with van der Waals surface area (Å²) in [5.74, 6) is 1.29. The van der Waals surface area contributed by atoms with Crippen molar-refractivity contribution in [3.05, 3.63) is 29.6 Å². The molecule has 4 rings (SSSR count). The molecule has 0 unspecified atom stereocenters. The van der Waals surface area contributed by atoms with Crippen LogP contribution >= 0.6 is 0 Å². The van der Waals surface area contributed by atoms with E-state index in [1.807, 2.05) is 0 Å². The number of hydrogen-bond acceptors (Lipinski definition) is 2. The minimum atomic E-state index is 0.859. The standard InChI is InChI=1S/C17H23N3/c1-2-13-6-7-16-15(12-13)18-17-8-9-19(10-11-20(16)17)14-4-3-5-14/h6-7,12,14H,2-5,8-11H2,1H3. The van der Waals surface area contributed by atoms with E-state index >= 15 is 0 Å². The second kappa shape index (κ2) is 4.88. The third-order valence-electron chi connectivity index (χ3n) is 5.12. The fourth-order valence-corrected chi connectivity index (χ4v) is 3.59. The van der Waals surface area contributed by atoms with Crippen molar-refractivity contribution >= 4 is 11.0 Å². The average Bonchev–Trinajstić information content (AvgIpc) is 2.64. The second-order valence-corrected chi connectivity index (χ2v) is 6.23. The Bertz CT molecular complexity index is 624. The number of hydrogen-bond donors (Lipinski definition) is 0. The maximum absolute atomic E-state index is 4.90. The summed E-state index contributed by atoms with van der Waals surface area (Å²) < 4.78 is 2.45. The van der Waals surface area contributed by atoms with Gasteiger partial charge in [-0.1, -0.05) is 19.4 Å². The zero-order valence-corrected chi connectivity index (χ0v) is 12.3. The average molecular weight is 269 g/mol. The topological polar surface area (TPSA) is 21.1 Å². The molecule has 1 aromatic heterocycles. The number of rotatable bonds is 2. The van der Waals surface area contributed by atoms with Crippen LogP contribution in [0.4, 0.5) is 0 Å². The van der Waals surface area contributed by atoms with Crippen LogP contribution in [-0.2, 0) is 19.4 Å². The first-order chi connectivity index (χ1) is 9.85. The Hall–Kier alpha value is -1.35. The smallest absolute Gasteiger partial charge is 0.111 e. The Balaban J connectivity index is 1.64. The van der Waals surface area contributed by atoms with Gasteiger partial charge in [0.2, 0.25) is 0 Å². The van der Waals surface area contributed by atoms with Gasteiger partial charge < -0.3 is 4.57 Å². The Morgan fingerprint density at radius 2 is 2.10 bits per heavy atom. The van der Waals surface area contributed by atoms with Crippen LogP contribution in [0.15, 0.2) is 18.2 Å². The predicted octanol–water partition coefficient (Wildman–Crippen LogP) is 3.01. The van der Waals surface area contributed by atoms with Crippen molar-refractivity contribution in [1.82, 2.24) is 14.5 Å². The molecule has 0 N–H and O–H groups in total. The quantitative estimate of drug-likeness (QED) is 0.835. The predicted molar refractivity (Wildman–Crippen MR) is 82.0 cm³/mol. The molecule has 0 radical (unpaired) electrons. The summed E-state index contributed by atoms with van der Waals surface area (Å²) in [4.78, 5) is 7.58. The molecule has 2 aromatic rings. The number of imidazole rings is 1. The molecule has 1 aliphatic heterocycles. The van der Waals surface area contributed by atoms with Crippen LogP contribution in [0.3, 0.4) is 0 Å². The number of fused-ring (bicyclic) bond motifs is 3. The molecular formula is C17H23N3.